The molecule has 2 aliphatic rings. The van der Waals surface area contributed by atoms with Gasteiger partial charge in [0.15, 0.2) is 0 Å². The molecular formula is C8H14N2O2. The van der Waals surface area contributed by atoms with Crippen LogP contribution in [0.3, 0.4) is 0 Å². The molecule has 4 atom stereocenters. The fraction of sp³-hybridized carbons (Fsp3) is 1.00. The average Bonchev–Trinajstić information content (AvgIpc) is 2.52. The molecule has 0 aromatic carbocycles. The molecule has 2 rings (SSSR count). The highest BCUT2D eigenvalue weighted by Gasteiger charge is 2.47. The number of fused-ring (bicyclic) bond motifs is 1. The third-order valence-corrected chi connectivity index (χ3v) is 3.21. The highest BCUT2D eigenvalue weighted by atomic mass is 16.3. The number of aliphatic hydroxyl groups excluding tert-OH is 1. The van der Waals surface area contributed by atoms with Crippen molar-refractivity contribution in [3.05, 3.63) is 4.91 Å². The van der Waals surface area contributed by atoms with Gasteiger partial charge in [0, 0.05) is 6.04 Å². The zero-order chi connectivity index (χ0) is 8.72. The molecule has 0 bridgehead atoms. The Balaban J connectivity index is 2.17. The Morgan fingerprint density at radius 1 is 1.50 bits per heavy atom. The van der Waals surface area contributed by atoms with Crippen LogP contribution in [0.5, 0.6) is 0 Å². The Hall–Kier alpha value is -0.640. The maximum Gasteiger partial charge on any atom is 0.0793 e. The van der Waals surface area contributed by atoms with Crippen LogP contribution in [0.2, 0.25) is 0 Å². The molecular weight excluding hydrogens is 156 g/mol. The van der Waals surface area contributed by atoms with Gasteiger partial charge in [-0.25, -0.2) is 0 Å². The third-order valence-electron chi connectivity index (χ3n) is 3.21. The molecule has 1 aliphatic heterocycles. The molecule has 1 N–H and O–H groups in total. The summed E-state index contributed by atoms with van der Waals surface area (Å²) >= 11 is 0. The van der Waals surface area contributed by atoms with Gasteiger partial charge in [-0.1, -0.05) is 0 Å². The summed E-state index contributed by atoms with van der Waals surface area (Å²) in [4.78, 5) is 10.5. The van der Waals surface area contributed by atoms with Crippen LogP contribution in [0.15, 0.2) is 5.29 Å². The van der Waals surface area contributed by atoms with Crippen molar-refractivity contribution in [2.24, 2.45) is 11.2 Å². The van der Waals surface area contributed by atoms with Gasteiger partial charge in [0.1, 0.15) is 0 Å². The lowest BCUT2D eigenvalue weighted by molar-refractivity contribution is 0.0709. The molecule has 4 unspecified atom stereocenters. The quantitative estimate of drug-likeness (QED) is 0.595. The number of rotatable bonds is 1. The summed E-state index contributed by atoms with van der Waals surface area (Å²) in [6, 6.07) is 0.227. The molecule has 12 heavy (non-hydrogen) atoms. The van der Waals surface area contributed by atoms with Gasteiger partial charge >= 0.3 is 0 Å². The summed E-state index contributed by atoms with van der Waals surface area (Å²) in [5, 5.41) is 14.1. The van der Waals surface area contributed by atoms with Crippen molar-refractivity contribution in [3.63, 3.8) is 0 Å². The highest BCUT2D eigenvalue weighted by Crippen LogP contribution is 2.41. The van der Waals surface area contributed by atoms with Crippen LogP contribution in [0.1, 0.15) is 26.2 Å². The highest BCUT2D eigenvalue weighted by molar-refractivity contribution is 4.98. The van der Waals surface area contributed by atoms with E-state index in [0.29, 0.717) is 5.92 Å². The minimum atomic E-state index is -0.336. The number of aliphatic hydroxyl groups is 1. The van der Waals surface area contributed by atoms with Crippen molar-refractivity contribution >= 4 is 0 Å². The fourth-order valence-electron chi connectivity index (χ4n) is 2.66. The molecule has 4 heteroatoms. The molecule has 0 aromatic heterocycles. The normalized spacial score (nSPS) is 46.3. The minimum Gasteiger partial charge on any atom is -0.391 e. The molecule has 68 valence electrons. The monoisotopic (exact) mass is 170 g/mol. The first-order chi connectivity index (χ1) is 5.74. The number of nitrogens with zero attached hydrogens (tertiary/aromatic N) is 2. The van der Waals surface area contributed by atoms with Crippen molar-refractivity contribution in [1.29, 1.82) is 0 Å². The summed E-state index contributed by atoms with van der Waals surface area (Å²) in [6.45, 7) is 1.99. The average molecular weight is 170 g/mol. The molecule has 0 spiro atoms. The fourth-order valence-corrected chi connectivity index (χ4v) is 2.66. The van der Waals surface area contributed by atoms with Gasteiger partial charge in [-0.3, -0.25) is 5.01 Å². The second-order valence-corrected chi connectivity index (χ2v) is 3.94. The SMILES string of the molecule is CC1CC2CCC(O)C2N1N=O. The molecule has 4 nitrogen and oxygen atoms in total. The maximum atomic E-state index is 10.5. The Morgan fingerprint density at radius 3 is 2.92 bits per heavy atom. The van der Waals surface area contributed by atoms with Gasteiger partial charge in [0.2, 0.25) is 0 Å². The van der Waals surface area contributed by atoms with Crippen LogP contribution < -0.4 is 0 Å². The minimum absolute atomic E-state index is 0.0116. The second-order valence-electron chi connectivity index (χ2n) is 3.94. The molecule has 1 saturated carbocycles. The van der Waals surface area contributed by atoms with Crippen molar-refractivity contribution in [2.75, 3.05) is 0 Å². The van der Waals surface area contributed by atoms with E-state index in [4.69, 9.17) is 0 Å². The maximum absolute atomic E-state index is 10.5. The lowest BCUT2D eigenvalue weighted by Crippen LogP contribution is -2.37. The zero-order valence-electron chi connectivity index (χ0n) is 7.18. The Kier molecular flexibility index (Phi) is 1.79. The molecule has 0 amide bonds. The van der Waals surface area contributed by atoms with E-state index in [9.17, 15) is 10.0 Å². The van der Waals surface area contributed by atoms with Crippen molar-refractivity contribution in [3.8, 4) is 0 Å². The second kappa shape index (κ2) is 2.69. The third kappa shape index (κ3) is 0.941. The van der Waals surface area contributed by atoms with Crippen molar-refractivity contribution in [2.45, 2.75) is 44.4 Å². The molecule has 1 heterocycles. The smallest absolute Gasteiger partial charge is 0.0793 e. The molecule has 2 fully saturated rings. The van der Waals surface area contributed by atoms with Crippen molar-refractivity contribution < 1.29 is 5.11 Å². The first-order valence-corrected chi connectivity index (χ1v) is 4.53. The molecule has 1 aliphatic carbocycles. The Labute approximate surface area is 71.5 Å². The topological polar surface area (TPSA) is 52.9 Å². The molecule has 0 aromatic rings. The van der Waals surface area contributed by atoms with Gasteiger partial charge in [-0.2, -0.15) is 0 Å². The van der Waals surface area contributed by atoms with Gasteiger partial charge in [-0.15, -0.1) is 4.91 Å². The van der Waals surface area contributed by atoms with Gasteiger partial charge < -0.3 is 5.11 Å². The largest absolute Gasteiger partial charge is 0.391 e. The summed E-state index contributed by atoms with van der Waals surface area (Å²) in [5.74, 6) is 0.493. The van der Waals surface area contributed by atoms with Gasteiger partial charge in [0.05, 0.1) is 17.4 Å². The number of hydrogen-bond donors (Lipinski definition) is 1. The number of nitroso groups, excluding NO2 is 1. The van der Waals surface area contributed by atoms with Crippen LogP contribution in [-0.2, 0) is 0 Å². The first kappa shape index (κ1) is 7.98. The van der Waals surface area contributed by atoms with Gasteiger partial charge in [0.25, 0.3) is 0 Å². The predicted octanol–water partition coefficient (Wildman–Crippen LogP) is 0.901. The first-order valence-electron chi connectivity index (χ1n) is 4.53. The van der Waals surface area contributed by atoms with Crippen LogP contribution in [0, 0.1) is 10.8 Å². The van der Waals surface area contributed by atoms with E-state index < -0.39 is 0 Å². The van der Waals surface area contributed by atoms with E-state index in [2.05, 4.69) is 5.29 Å². The van der Waals surface area contributed by atoms with E-state index >= 15 is 0 Å². The van der Waals surface area contributed by atoms with E-state index in [1.165, 1.54) is 0 Å². The van der Waals surface area contributed by atoms with Crippen LogP contribution in [0.25, 0.3) is 0 Å². The summed E-state index contributed by atoms with van der Waals surface area (Å²) in [7, 11) is 0. The molecule has 1 saturated heterocycles. The predicted molar refractivity (Wildman–Crippen MR) is 44.2 cm³/mol. The molecule has 0 radical (unpaired) electrons. The van der Waals surface area contributed by atoms with E-state index in [1.807, 2.05) is 6.92 Å². The Bertz CT molecular complexity index is 197. The van der Waals surface area contributed by atoms with E-state index in [1.54, 1.807) is 5.01 Å². The summed E-state index contributed by atoms with van der Waals surface area (Å²) < 4.78 is 0. The van der Waals surface area contributed by atoms with E-state index in [0.717, 1.165) is 19.3 Å². The van der Waals surface area contributed by atoms with Crippen LogP contribution in [-0.4, -0.2) is 28.3 Å². The summed E-state index contributed by atoms with van der Waals surface area (Å²) in [5.41, 5.74) is 0. The van der Waals surface area contributed by atoms with Crippen molar-refractivity contribution in [1.82, 2.24) is 5.01 Å². The van der Waals surface area contributed by atoms with Gasteiger partial charge in [-0.05, 0) is 32.1 Å². The van der Waals surface area contributed by atoms with E-state index in [-0.39, 0.29) is 18.2 Å². The lowest BCUT2D eigenvalue weighted by atomic mass is 10.0. The lowest BCUT2D eigenvalue weighted by Gasteiger charge is -2.23. The zero-order valence-corrected chi connectivity index (χ0v) is 7.18. The number of hydrogen-bond acceptors (Lipinski definition) is 3. The summed E-state index contributed by atoms with van der Waals surface area (Å²) in [6.07, 6.45) is 2.54. The van der Waals surface area contributed by atoms with Crippen LogP contribution >= 0.6 is 0 Å². The Morgan fingerprint density at radius 2 is 2.25 bits per heavy atom. The standard InChI is InChI=1S/C8H14N2O2/c1-5-4-6-2-3-7(11)8(6)10(5)9-12/h5-8,11H,2-4H2,1H3. The van der Waals surface area contributed by atoms with Crippen LogP contribution in [0.4, 0.5) is 0 Å².